The highest BCUT2D eigenvalue weighted by atomic mass is 79.9. The highest BCUT2D eigenvalue weighted by molar-refractivity contribution is 9.10. The Bertz CT molecular complexity index is 389. The first-order valence-corrected chi connectivity index (χ1v) is 6.01. The van der Waals surface area contributed by atoms with Crippen molar-refractivity contribution in [2.24, 2.45) is 0 Å². The van der Waals surface area contributed by atoms with Crippen LogP contribution in [0.2, 0.25) is 0 Å². The zero-order chi connectivity index (χ0) is 12.1. The molecular weight excluding hydrogens is 293 g/mol. The maximum Gasteiger partial charge on any atom is 0.231 e. The number of nitrogens with one attached hydrogen (secondary N) is 1. The van der Waals surface area contributed by atoms with Crippen molar-refractivity contribution < 1.29 is 9.59 Å². The summed E-state index contributed by atoms with van der Waals surface area (Å²) < 4.78 is -0.809. The van der Waals surface area contributed by atoms with Crippen molar-refractivity contribution in [2.45, 2.75) is 17.6 Å². The number of aryl methyl sites for hydroxylation is 1. The van der Waals surface area contributed by atoms with Gasteiger partial charge < -0.3 is 5.32 Å². The lowest BCUT2D eigenvalue weighted by atomic mass is 10.2. The lowest BCUT2D eigenvalue weighted by molar-refractivity contribution is -0.124. The van der Waals surface area contributed by atoms with E-state index in [1.54, 1.807) is 12.1 Å². The maximum atomic E-state index is 11.4. The van der Waals surface area contributed by atoms with Crippen LogP contribution in [0.5, 0.6) is 0 Å². The fourth-order valence-electron chi connectivity index (χ4n) is 1.08. The fraction of sp³-hybridized carbons (Fsp3) is 0.273. The summed E-state index contributed by atoms with van der Waals surface area (Å²) in [4.78, 5) is 22.6. The lowest BCUT2D eigenvalue weighted by Crippen LogP contribution is -2.19. The monoisotopic (exact) mass is 303 g/mol. The van der Waals surface area contributed by atoms with E-state index >= 15 is 0 Å². The third kappa shape index (κ3) is 4.33. The molecule has 3 nitrogen and oxygen atoms in total. The molecule has 86 valence electrons. The van der Waals surface area contributed by atoms with Gasteiger partial charge in [-0.2, -0.15) is 0 Å². The number of hydrogen-bond donors (Lipinski definition) is 1. The third-order valence-electron chi connectivity index (χ3n) is 1.91. The fourth-order valence-corrected chi connectivity index (χ4v) is 1.32. The van der Waals surface area contributed by atoms with E-state index in [1.165, 1.54) is 0 Å². The van der Waals surface area contributed by atoms with E-state index in [0.29, 0.717) is 5.69 Å². The minimum absolute atomic E-state index is 0.229. The van der Waals surface area contributed by atoms with E-state index in [0.717, 1.165) is 5.56 Å². The van der Waals surface area contributed by atoms with E-state index in [9.17, 15) is 9.59 Å². The Labute approximate surface area is 107 Å². The van der Waals surface area contributed by atoms with Gasteiger partial charge in [0, 0.05) is 5.69 Å². The molecular formula is C11H11BrClNO2. The zero-order valence-electron chi connectivity index (χ0n) is 8.67. The van der Waals surface area contributed by atoms with Gasteiger partial charge in [-0.25, -0.2) is 0 Å². The average molecular weight is 305 g/mol. The van der Waals surface area contributed by atoms with Crippen LogP contribution in [0, 0.1) is 6.92 Å². The normalized spacial score (nSPS) is 11.9. The van der Waals surface area contributed by atoms with E-state index in [2.05, 4.69) is 21.2 Å². The van der Waals surface area contributed by atoms with Crippen molar-refractivity contribution in [2.75, 3.05) is 5.32 Å². The number of carbonyl (C=O) groups is 2. The molecule has 1 aromatic rings. The molecule has 0 bridgehead atoms. The van der Waals surface area contributed by atoms with E-state index in [1.807, 2.05) is 19.1 Å². The molecule has 0 unspecified atom stereocenters. The number of hydrogen-bond acceptors (Lipinski definition) is 2. The van der Waals surface area contributed by atoms with Gasteiger partial charge in [0.15, 0.2) is 5.78 Å². The Hall–Kier alpha value is -0.870. The van der Waals surface area contributed by atoms with Crippen molar-refractivity contribution >= 4 is 44.9 Å². The van der Waals surface area contributed by atoms with Gasteiger partial charge in [-0.3, -0.25) is 9.59 Å². The molecule has 0 saturated carbocycles. The second-order valence-electron chi connectivity index (χ2n) is 3.36. The Morgan fingerprint density at radius 1 is 1.38 bits per heavy atom. The lowest BCUT2D eigenvalue weighted by Gasteiger charge is -2.05. The van der Waals surface area contributed by atoms with Crippen molar-refractivity contribution in [3.63, 3.8) is 0 Å². The summed E-state index contributed by atoms with van der Waals surface area (Å²) >= 11 is 8.38. The third-order valence-corrected chi connectivity index (χ3v) is 2.67. The molecule has 0 heterocycles. The van der Waals surface area contributed by atoms with Crippen molar-refractivity contribution in [3.05, 3.63) is 29.8 Å². The summed E-state index contributed by atoms with van der Waals surface area (Å²) in [5.74, 6) is -0.717. The summed E-state index contributed by atoms with van der Waals surface area (Å²) in [7, 11) is 0. The number of amides is 1. The maximum absolute atomic E-state index is 11.4. The van der Waals surface area contributed by atoms with Crippen LogP contribution in [0.25, 0.3) is 0 Å². The molecule has 1 N–H and O–H groups in total. The molecule has 1 atom stereocenters. The summed E-state index contributed by atoms with van der Waals surface area (Å²) in [6.07, 6.45) is -0.229. The summed E-state index contributed by atoms with van der Waals surface area (Å²) in [5, 5.41) is 2.62. The second-order valence-corrected chi connectivity index (χ2v) is 5.24. The van der Waals surface area contributed by atoms with Crippen LogP contribution >= 0.6 is 27.5 Å². The Balaban J connectivity index is 2.52. The summed E-state index contributed by atoms with van der Waals surface area (Å²) in [5.41, 5.74) is 1.78. The first-order chi connectivity index (χ1) is 7.49. The van der Waals surface area contributed by atoms with E-state index in [4.69, 9.17) is 11.6 Å². The molecule has 5 heteroatoms. The molecule has 0 fully saturated rings. The van der Waals surface area contributed by atoms with Crippen LogP contribution in [-0.4, -0.2) is 16.0 Å². The van der Waals surface area contributed by atoms with Crippen molar-refractivity contribution in [3.8, 4) is 0 Å². The largest absolute Gasteiger partial charge is 0.326 e. The molecule has 0 aliphatic carbocycles. The van der Waals surface area contributed by atoms with Gasteiger partial charge in [0.2, 0.25) is 5.91 Å². The molecule has 1 amide bonds. The van der Waals surface area contributed by atoms with Gasteiger partial charge in [0.25, 0.3) is 0 Å². The number of alkyl halides is 2. The quantitative estimate of drug-likeness (QED) is 0.687. The Morgan fingerprint density at radius 3 is 2.44 bits per heavy atom. The summed E-state index contributed by atoms with van der Waals surface area (Å²) in [6, 6.07) is 7.33. The molecule has 0 saturated heterocycles. The molecule has 0 radical (unpaired) electrons. The molecule has 0 spiro atoms. The van der Waals surface area contributed by atoms with Gasteiger partial charge in [0.05, 0.1) is 6.42 Å². The van der Waals surface area contributed by atoms with Gasteiger partial charge in [-0.1, -0.05) is 33.6 Å². The van der Waals surface area contributed by atoms with Crippen LogP contribution in [0.15, 0.2) is 24.3 Å². The number of anilines is 1. The molecule has 0 aromatic heterocycles. The number of carbonyl (C=O) groups excluding carboxylic acids is 2. The minimum atomic E-state index is -0.809. The van der Waals surface area contributed by atoms with E-state index in [-0.39, 0.29) is 18.1 Å². The Morgan fingerprint density at radius 2 is 1.94 bits per heavy atom. The smallest absolute Gasteiger partial charge is 0.231 e. The SMILES string of the molecule is Cc1ccc(NC(=O)CC(=O)[C@H](Cl)Br)cc1. The first-order valence-electron chi connectivity index (χ1n) is 4.66. The number of rotatable bonds is 4. The number of ketones is 1. The Kier molecular flexibility index (Phi) is 4.96. The number of halogens is 2. The highest BCUT2D eigenvalue weighted by Crippen LogP contribution is 2.11. The van der Waals surface area contributed by atoms with Crippen LogP contribution < -0.4 is 5.32 Å². The van der Waals surface area contributed by atoms with Gasteiger partial charge >= 0.3 is 0 Å². The van der Waals surface area contributed by atoms with Gasteiger partial charge in [0.1, 0.15) is 4.29 Å². The predicted octanol–water partition coefficient (Wildman–Crippen LogP) is 2.85. The number of benzene rings is 1. The zero-order valence-corrected chi connectivity index (χ0v) is 11.0. The van der Waals surface area contributed by atoms with Crippen LogP contribution in [0.3, 0.4) is 0 Å². The predicted molar refractivity (Wildman–Crippen MR) is 68.0 cm³/mol. The number of Topliss-reactive ketones (excluding diaryl/α,β-unsaturated/α-hetero) is 1. The molecule has 16 heavy (non-hydrogen) atoms. The van der Waals surface area contributed by atoms with Crippen molar-refractivity contribution in [1.82, 2.24) is 0 Å². The van der Waals surface area contributed by atoms with Crippen LogP contribution in [0.1, 0.15) is 12.0 Å². The molecule has 0 aliphatic rings. The van der Waals surface area contributed by atoms with Crippen molar-refractivity contribution in [1.29, 1.82) is 0 Å². The van der Waals surface area contributed by atoms with Gasteiger partial charge in [-0.15, -0.1) is 11.6 Å². The molecule has 0 aliphatic heterocycles. The molecule has 1 rings (SSSR count). The standard InChI is InChI=1S/C11H11BrClNO2/c1-7-2-4-8(5-3-7)14-10(16)6-9(15)11(12)13/h2-5,11H,6H2,1H3,(H,14,16)/t11-/m0/s1. The average Bonchev–Trinajstić information content (AvgIpc) is 2.21. The molecule has 1 aromatic carbocycles. The topological polar surface area (TPSA) is 46.2 Å². The minimum Gasteiger partial charge on any atom is -0.326 e. The van der Waals surface area contributed by atoms with Crippen LogP contribution in [-0.2, 0) is 9.59 Å². The summed E-state index contributed by atoms with van der Waals surface area (Å²) in [6.45, 7) is 1.96. The first kappa shape index (κ1) is 13.2. The highest BCUT2D eigenvalue weighted by Gasteiger charge is 2.15. The second kappa shape index (κ2) is 6.01. The van der Waals surface area contributed by atoms with E-state index < -0.39 is 4.29 Å². The van der Waals surface area contributed by atoms with Crippen LogP contribution in [0.4, 0.5) is 5.69 Å². The van der Waals surface area contributed by atoms with Gasteiger partial charge in [-0.05, 0) is 19.1 Å².